The molecule has 2 rings (SSSR count). The molecule has 1 amide bonds. The van der Waals surface area contributed by atoms with Crippen LogP contribution in [0.5, 0.6) is 0 Å². The molecule has 0 radical (unpaired) electrons. The van der Waals surface area contributed by atoms with E-state index in [-0.39, 0.29) is 90.1 Å². The van der Waals surface area contributed by atoms with E-state index in [1.54, 1.807) is 12.5 Å². The first-order valence-electron chi connectivity index (χ1n) is 39.7. The normalized spacial score (nSPS) is 21.4. The van der Waals surface area contributed by atoms with Gasteiger partial charge in [-0.1, -0.05) is 295 Å². The predicted molar refractivity (Wildman–Crippen MR) is 416 cm³/mol. The van der Waals surface area contributed by atoms with Gasteiger partial charge in [0.1, 0.15) is 24.0 Å². The molecule has 0 saturated carbocycles. The predicted octanol–water partition coefficient (Wildman–Crippen LogP) is 22.2. The van der Waals surface area contributed by atoms with Crippen LogP contribution in [0.25, 0.3) is 0 Å². The van der Waals surface area contributed by atoms with Crippen molar-refractivity contribution in [2.24, 2.45) is 17.6 Å². The Hall–Kier alpha value is -2.49. The standard InChI is InChI=1S/C40H77NO6Si.C26H53NO4Si.C14H26O3.CH4/c1-10-13-15-17-19-21-22-24-26-28-34(42)31-36(43)41-37-38(44-30-27-25-23-20-18-16-14-11-2)33(4)35(47-39(37)45-29-12-3)32-46-48(8,9)40(5,6)7;1-9-11-12-13-14-15-16-17-19-28-24-21(3)22(20-30-32(7,8)26(4,5)6)31-25(23(24)27)29-18-10-2;1-2-3-4-5-6-7-8-9-10-11-13(15)12-14(16)17;/h12,29,33,35,37-39H,10-11,13-28,30-32H2,1-9H3,(H,41,43);10,18,21-25H,9,11-17,19-20,27H2,1-8H3;2-12H2,1H3,(H,16,17);1H4/b29-12-;18-10-;;/t33?,35-,37-,38+,39+;21?,22-,23-,24+,25+;;/m11../s1. The molecule has 0 aromatic rings. The van der Waals surface area contributed by atoms with Gasteiger partial charge in [-0.25, -0.2) is 0 Å². The van der Waals surface area contributed by atoms with E-state index in [4.69, 9.17) is 48.1 Å². The number of amides is 1. The summed E-state index contributed by atoms with van der Waals surface area (Å²) in [5, 5.41) is 11.8. The Labute approximate surface area is 606 Å². The number of carbonyl (C=O) groups is 4. The van der Waals surface area contributed by atoms with Crippen LogP contribution >= 0.6 is 0 Å². The first-order valence-corrected chi connectivity index (χ1v) is 45.6. The second kappa shape index (κ2) is 58.8. The van der Waals surface area contributed by atoms with Crippen LogP contribution in [-0.2, 0) is 56.5 Å². The minimum Gasteiger partial charge on any atom is -0.481 e. The molecular formula is C81H160N2O13Si2. The topological polar surface area (TPSA) is 200 Å². The lowest BCUT2D eigenvalue weighted by Gasteiger charge is -2.46. The van der Waals surface area contributed by atoms with Gasteiger partial charge in [0.15, 0.2) is 16.6 Å². The molecule has 98 heavy (non-hydrogen) atoms. The van der Waals surface area contributed by atoms with Crippen molar-refractivity contribution in [3.63, 3.8) is 0 Å². The van der Waals surface area contributed by atoms with Gasteiger partial charge in [-0.15, -0.1) is 0 Å². The van der Waals surface area contributed by atoms with Gasteiger partial charge >= 0.3 is 5.97 Å². The molecule has 580 valence electrons. The van der Waals surface area contributed by atoms with E-state index >= 15 is 0 Å². The highest BCUT2D eigenvalue weighted by Crippen LogP contribution is 2.40. The zero-order valence-corrected chi connectivity index (χ0v) is 68.2. The smallest absolute Gasteiger partial charge is 0.310 e. The largest absolute Gasteiger partial charge is 0.481 e. The molecule has 0 aromatic heterocycles. The Morgan fingerprint density at radius 2 is 0.776 bits per heavy atom. The highest BCUT2D eigenvalue weighted by molar-refractivity contribution is 6.74. The van der Waals surface area contributed by atoms with Crippen LogP contribution in [0, 0.1) is 11.8 Å². The van der Waals surface area contributed by atoms with Crippen LogP contribution in [-0.4, -0.2) is 121 Å². The first kappa shape index (κ1) is 97.6. The van der Waals surface area contributed by atoms with Gasteiger partial charge < -0.3 is 53.4 Å². The van der Waals surface area contributed by atoms with Crippen molar-refractivity contribution >= 4 is 40.1 Å². The molecular weight excluding hydrogens is 1270 g/mol. The Balaban J connectivity index is 0. The number of ether oxygens (including phenoxy) is 6. The third-order valence-electron chi connectivity index (χ3n) is 20.5. The van der Waals surface area contributed by atoms with Gasteiger partial charge in [-0.2, -0.15) is 0 Å². The number of nitrogens with two attached hydrogens (primary N) is 1. The Kier molecular flexibility index (Phi) is 58.6. The zero-order chi connectivity index (χ0) is 73.0. The number of rotatable bonds is 55. The number of aliphatic carboxylic acids is 1. The van der Waals surface area contributed by atoms with Crippen molar-refractivity contribution in [1.82, 2.24) is 5.32 Å². The molecule has 2 fully saturated rings. The molecule has 15 nitrogen and oxygen atoms in total. The summed E-state index contributed by atoms with van der Waals surface area (Å²) in [7, 11) is -3.88. The van der Waals surface area contributed by atoms with Gasteiger partial charge in [0.2, 0.25) is 18.5 Å². The van der Waals surface area contributed by atoms with E-state index < -0.39 is 41.2 Å². The fraction of sp³-hybridized carbons (Fsp3) is 0.901. The number of hydrogen-bond acceptors (Lipinski definition) is 13. The van der Waals surface area contributed by atoms with Gasteiger partial charge in [-0.05, 0) is 75.8 Å². The van der Waals surface area contributed by atoms with Crippen molar-refractivity contribution in [2.75, 3.05) is 26.4 Å². The fourth-order valence-corrected chi connectivity index (χ4v) is 13.8. The summed E-state index contributed by atoms with van der Waals surface area (Å²) in [6.45, 7) is 42.0. The van der Waals surface area contributed by atoms with E-state index in [0.717, 1.165) is 58.0 Å². The summed E-state index contributed by atoms with van der Waals surface area (Å²) < 4.78 is 50.7. The summed E-state index contributed by atoms with van der Waals surface area (Å²) in [5.74, 6) is -1.34. The molecule has 0 aromatic carbocycles. The van der Waals surface area contributed by atoms with Crippen molar-refractivity contribution in [3.8, 4) is 0 Å². The molecule has 2 aliphatic rings. The number of hydrogen-bond donors (Lipinski definition) is 3. The van der Waals surface area contributed by atoms with Gasteiger partial charge in [0.05, 0.1) is 62.6 Å². The second-order valence-electron chi connectivity index (χ2n) is 31.4. The molecule has 10 atom stereocenters. The van der Waals surface area contributed by atoms with E-state index in [2.05, 4.69) is 115 Å². The number of carboxylic acids is 1. The number of carboxylic acid groups (broad SMARTS) is 1. The Morgan fingerprint density at radius 1 is 0.469 bits per heavy atom. The van der Waals surface area contributed by atoms with Gasteiger partial charge in [0.25, 0.3) is 0 Å². The summed E-state index contributed by atoms with van der Waals surface area (Å²) in [5.41, 5.74) is 6.54. The van der Waals surface area contributed by atoms with Crippen LogP contribution in [0.15, 0.2) is 24.7 Å². The number of carbonyl (C=O) groups excluding carboxylic acids is 3. The van der Waals surface area contributed by atoms with E-state index in [0.29, 0.717) is 32.7 Å². The van der Waals surface area contributed by atoms with Crippen LogP contribution in [0.2, 0.25) is 36.3 Å². The van der Waals surface area contributed by atoms with Crippen LogP contribution < -0.4 is 11.1 Å². The summed E-state index contributed by atoms with van der Waals surface area (Å²) >= 11 is 0. The van der Waals surface area contributed by atoms with E-state index in [1.807, 2.05) is 26.0 Å². The molecule has 0 spiro atoms. The Bertz CT molecular complexity index is 2010. The lowest BCUT2D eigenvalue weighted by atomic mass is 9.89. The second-order valence-corrected chi connectivity index (χ2v) is 41.0. The number of allylic oxidation sites excluding steroid dienone is 2. The van der Waals surface area contributed by atoms with Crippen molar-refractivity contribution in [1.29, 1.82) is 0 Å². The van der Waals surface area contributed by atoms with Crippen molar-refractivity contribution in [2.45, 2.75) is 434 Å². The molecule has 2 saturated heterocycles. The van der Waals surface area contributed by atoms with Gasteiger partial charge in [0, 0.05) is 37.9 Å². The maximum Gasteiger partial charge on any atom is 0.310 e. The quantitative estimate of drug-likeness (QED) is 0.0225. The summed E-state index contributed by atoms with van der Waals surface area (Å²) in [4.78, 5) is 47.4. The molecule has 17 heteroatoms. The maximum atomic E-state index is 13.3. The number of nitrogens with one attached hydrogen (secondary N) is 1. The summed E-state index contributed by atoms with van der Waals surface area (Å²) in [6.07, 6.45) is 47.1. The third kappa shape index (κ3) is 46.3. The monoisotopic (exact) mass is 1430 g/mol. The average molecular weight is 1430 g/mol. The molecule has 4 N–H and O–H groups in total. The lowest BCUT2D eigenvalue weighted by molar-refractivity contribution is -0.244. The summed E-state index contributed by atoms with van der Waals surface area (Å²) in [6, 6.07) is -0.860. The van der Waals surface area contributed by atoms with Gasteiger partial charge in [-0.3, -0.25) is 19.2 Å². The highest BCUT2D eigenvalue weighted by Gasteiger charge is 2.49. The third-order valence-corrected chi connectivity index (χ3v) is 29.5. The lowest BCUT2D eigenvalue weighted by Crippen LogP contribution is -2.63. The minimum atomic E-state index is -2.01. The van der Waals surface area contributed by atoms with Crippen molar-refractivity contribution in [3.05, 3.63) is 24.7 Å². The number of ketones is 2. The molecule has 0 bridgehead atoms. The maximum absolute atomic E-state index is 13.3. The molecule has 2 aliphatic heterocycles. The number of unbranched alkanes of at least 4 members (excludes halogenated alkanes) is 30. The molecule has 0 aliphatic carbocycles. The van der Waals surface area contributed by atoms with E-state index in [1.165, 1.54) is 167 Å². The first-order chi connectivity index (χ1) is 46.1. The average Bonchev–Trinajstić information content (AvgIpc) is 0.793. The Morgan fingerprint density at radius 3 is 1.12 bits per heavy atom. The van der Waals surface area contributed by atoms with Crippen molar-refractivity contribution < 1.29 is 61.6 Å². The van der Waals surface area contributed by atoms with E-state index in [9.17, 15) is 19.2 Å². The molecule has 2 unspecified atom stereocenters. The van der Waals surface area contributed by atoms with Crippen LogP contribution in [0.1, 0.15) is 348 Å². The minimum absolute atomic E-state index is 0. The SMILES string of the molecule is C.C/C=C\O[C@H]1O[C@H](CO[Si](C)(C)C(C)(C)C)C(C)[C@H](OCCCCCCCCCC)[C@H]1N.C/C=C\O[C@H]1O[C@H](CO[Si](C)(C)C(C)(C)C)C(C)[C@H](OCCCCCCCCCC)[C@H]1NC(=O)CC(=O)CCCCCCCCCCC.CCCCCCCCCCCC(=O)CC(=O)O. The molecule has 2 heterocycles. The zero-order valence-electron chi connectivity index (χ0n) is 66.2. The highest BCUT2D eigenvalue weighted by atomic mass is 28.4. The number of Topliss-reactive ketones (excluding diaryl/α,β-unsaturated/α-hetero) is 2. The van der Waals surface area contributed by atoms with Crippen LogP contribution in [0.4, 0.5) is 0 Å². The van der Waals surface area contributed by atoms with Crippen LogP contribution in [0.3, 0.4) is 0 Å². The fourth-order valence-electron chi connectivity index (χ4n) is 11.7.